The zero-order valence-corrected chi connectivity index (χ0v) is 8.95. The van der Waals surface area contributed by atoms with Crippen molar-refractivity contribution in [3.63, 3.8) is 0 Å². The number of nitrogens with one attached hydrogen (secondary N) is 2. The summed E-state index contributed by atoms with van der Waals surface area (Å²) in [5, 5.41) is 6.22. The molecule has 1 fully saturated rings. The number of likely N-dealkylation sites (N-methyl/N-ethyl adjacent to an activating group) is 1. The number of nitrogens with zero attached hydrogens (tertiary/aromatic N) is 1. The number of hydrogen-bond donors (Lipinski definition) is 3. The average molecular weight is 214 g/mol. The minimum atomic E-state index is -0.478. The van der Waals surface area contributed by atoms with Crippen molar-refractivity contribution < 1.29 is 9.59 Å². The first-order valence-corrected chi connectivity index (χ1v) is 5.16. The van der Waals surface area contributed by atoms with E-state index in [1.54, 1.807) is 0 Å². The van der Waals surface area contributed by atoms with Crippen molar-refractivity contribution in [3.8, 4) is 0 Å². The maximum atomic E-state index is 11.9. The van der Waals surface area contributed by atoms with Crippen LogP contribution in [-0.2, 0) is 9.59 Å². The number of carbonyl (C=O) groups excluding carboxylic acids is 2. The molecule has 0 bridgehead atoms. The standard InChI is InChI=1S/C9H18N4O2/c1-2-13(6-8(10)14)9(15)7-5-11-3-4-12-7/h7,11-12H,2-6H2,1H3,(H2,10,14). The molecule has 0 radical (unpaired) electrons. The van der Waals surface area contributed by atoms with Crippen LogP contribution in [0.25, 0.3) is 0 Å². The summed E-state index contributed by atoms with van der Waals surface area (Å²) in [7, 11) is 0. The minimum Gasteiger partial charge on any atom is -0.368 e. The average Bonchev–Trinajstić information content (AvgIpc) is 2.26. The summed E-state index contributed by atoms with van der Waals surface area (Å²) in [4.78, 5) is 24.1. The fourth-order valence-corrected chi connectivity index (χ4v) is 1.58. The van der Waals surface area contributed by atoms with Gasteiger partial charge >= 0.3 is 0 Å². The number of hydrogen-bond acceptors (Lipinski definition) is 4. The van der Waals surface area contributed by atoms with Gasteiger partial charge in [-0.15, -0.1) is 0 Å². The molecule has 86 valence electrons. The molecule has 0 aromatic heterocycles. The molecule has 0 aromatic rings. The fraction of sp³-hybridized carbons (Fsp3) is 0.778. The molecule has 1 unspecified atom stereocenters. The van der Waals surface area contributed by atoms with E-state index < -0.39 is 5.91 Å². The van der Waals surface area contributed by atoms with Gasteiger partial charge < -0.3 is 21.3 Å². The maximum absolute atomic E-state index is 11.9. The maximum Gasteiger partial charge on any atom is 0.241 e. The first-order chi connectivity index (χ1) is 7.15. The number of primary amides is 1. The molecule has 0 saturated carbocycles. The van der Waals surface area contributed by atoms with Crippen molar-refractivity contribution in [1.82, 2.24) is 15.5 Å². The zero-order chi connectivity index (χ0) is 11.3. The molecule has 2 amide bonds. The molecule has 6 nitrogen and oxygen atoms in total. The van der Waals surface area contributed by atoms with Gasteiger partial charge in [0.1, 0.15) is 0 Å². The zero-order valence-electron chi connectivity index (χ0n) is 8.95. The molecule has 1 saturated heterocycles. The largest absolute Gasteiger partial charge is 0.368 e. The van der Waals surface area contributed by atoms with Crippen LogP contribution < -0.4 is 16.4 Å². The van der Waals surface area contributed by atoms with Gasteiger partial charge in [-0.2, -0.15) is 0 Å². The van der Waals surface area contributed by atoms with Crippen LogP contribution >= 0.6 is 0 Å². The number of piperazine rings is 1. The van der Waals surface area contributed by atoms with Crippen LogP contribution in [0.1, 0.15) is 6.92 Å². The quantitative estimate of drug-likeness (QED) is 0.499. The van der Waals surface area contributed by atoms with Gasteiger partial charge in [0.15, 0.2) is 0 Å². The highest BCUT2D eigenvalue weighted by Crippen LogP contribution is 1.96. The second-order valence-electron chi connectivity index (χ2n) is 3.53. The van der Waals surface area contributed by atoms with E-state index in [0.29, 0.717) is 13.1 Å². The van der Waals surface area contributed by atoms with Crippen molar-refractivity contribution >= 4 is 11.8 Å². The Kier molecular flexibility index (Phi) is 4.51. The molecule has 0 spiro atoms. The normalized spacial score (nSPS) is 21.0. The van der Waals surface area contributed by atoms with E-state index in [-0.39, 0.29) is 18.5 Å². The van der Waals surface area contributed by atoms with Crippen molar-refractivity contribution in [2.75, 3.05) is 32.7 Å². The number of carbonyl (C=O) groups is 2. The second kappa shape index (κ2) is 5.67. The third kappa shape index (κ3) is 3.49. The Balaban J connectivity index is 2.50. The first-order valence-electron chi connectivity index (χ1n) is 5.16. The number of rotatable bonds is 4. The van der Waals surface area contributed by atoms with Crippen molar-refractivity contribution in [2.24, 2.45) is 5.73 Å². The Hall–Kier alpha value is -1.14. The predicted octanol–water partition coefficient (Wildman–Crippen LogP) is -2.12. The van der Waals surface area contributed by atoms with Crippen LogP contribution in [0.4, 0.5) is 0 Å². The predicted molar refractivity (Wildman–Crippen MR) is 56.1 cm³/mol. The summed E-state index contributed by atoms with van der Waals surface area (Å²) in [5.41, 5.74) is 5.07. The van der Waals surface area contributed by atoms with Crippen molar-refractivity contribution in [1.29, 1.82) is 0 Å². The Labute approximate surface area is 89.2 Å². The SMILES string of the molecule is CCN(CC(N)=O)C(=O)C1CNCCN1. The lowest BCUT2D eigenvalue weighted by Crippen LogP contribution is -2.57. The summed E-state index contributed by atoms with van der Waals surface area (Å²) < 4.78 is 0. The van der Waals surface area contributed by atoms with Crippen LogP contribution in [0.15, 0.2) is 0 Å². The lowest BCUT2D eigenvalue weighted by molar-refractivity contribution is -0.137. The van der Waals surface area contributed by atoms with E-state index in [0.717, 1.165) is 13.1 Å². The molecule has 0 aliphatic carbocycles. The molecular weight excluding hydrogens is 196 g/mol. The van der Waals surface area contributed by atoms with Gasteiger partial charge in [0.2, 0.25) is 11.8 Å². The number of nitrogens with two attached hydrogens (primary N) is 1. The first kappa shape index (κ1) is 11.9. The third-order valence-electron chi connectivity index (χ3n) is 2.38. The fourth-order valence-electron chi connectivity index (χ4n) is 1.58. The molecule has 1 rings (SSSR count). The molecule has 1 atom stereocenters. The van der Waals surface area contributed by atoms with Gasteiger partial charge in [-0.3, -0.25) is 9.59 Å². The summed E-state index contributed by atoms with van der Waals surface area (Å²) in [5.74, 6) is -0.544. The Morgan fingerprint density at radius 2 is 2.20 bits per heavy atom. The van der Waals surface area contributed by atoms with Crippen LogP contribution in [0.5, 0.6) is 0 Å². The van der Waals surface area contributed by atoms with Crippen molar-refractivity contribution in [3.05, 3.63) is 0 Å². The molecule has 1 heterocycles. The summed E-state index contributed by atoms with van der Waals surface area (Å²) in [6.45, 7) is 4.56. The summed E-state index contributed by atoms with van der Waals surface area (Å²) in [6, 6.07) is -0.238. The molecule has 0 aromatic carbocycles. The second-order valence-corrected chi connectivity index (χ2v) is 3.53. The highest BCUT2D eigenvalue weighted by molar-refractivity contribution is 5.87. The topological polar surface area (TPSA) is 87.5 Å². The van der Waals surface area contributed by atoms with E-state index in [1.807, 2.05) is 6.92 Å². The molecule has 1 aliphatic heterocycles. The van der Waals surface area contributed by atoms with E-state index in [9.17, 15) is 9.59 Å². The van der Waals surface area contributed by atoms with Gasteiger partial charge in [0.25, 0.3) is 0 Å². The Morgan fingerprint density at radius 1 is 1.47 bits per heavy atom. The van der Waals surface area contributed by atoms with E-state index in [2.05, 4.69) is 10.6 Å². The van der Waals surface area contributed by atoms with Gasteiger partial charge in [-0.1, -0.05) is 0 Å². The Bertz CT molecular complexity index is 238. The van der Waals surface area contributed by atoms with Crippen LogP contribution in [-0.4, -0.2) is 55.5 Å². The molecule has 1 aliphatic rings. The van der Waals surface area contributed by atoms with E-state index in [1.165, 1.54) is 4.90 Å². The molecular formula is C9H18N4O2. The van der Waals surface area contributed by atoms with Gasteiger partial charge in [0, 0.05) is 26.2 Å². The third-order valence-corrected chi connectivity index (χ3v) is 2.38. The van der Waals surface area contributed by atoms with Crippen LogP contribution in [0.3, 0.4) is 0 Å². The highest BCUT2D eigenvalue weighted by Gasteiger charge is 2.25. The minimum absolute atomic E-state index is 0.00644. The molecule has 6 heteroatoms. The van der Waals surface area contributed by atoms with Gasteiger partial charge in [0.05, 0.1) is 12.6 Å². The van der Waals surface area contributed by atoms with E-state index in [4.69, 9.17) is 5.73 Å². The molecule has 4 N–H and O–H groups in total. The van der Waals surface area contributed by atoms with Gasteiger partial charge in [-0.05, 0) is 6.92 Å². The highest BCUT2D eigenvalue weighted by atomic mass is 16.2. The number of amides is 2. The monoisotopic (exact) mass is 214 g/mol. The summed E-state index contributed by atoms with van der Waals surface area (Å²) >= 11 is 0. The van der Waals surface area contributed by atoms with E-state index >= 15 is 0 Å². The smallest absolute Gasteiger partial charge is 0.241 e. The van der Waals surface area contributed by atoms with Crippen LogP contribution in [0.2, 0.25) is 0 Å². The van der Waals surface area contributed by atoms with Crippen molar-refractivity contribution in [2.45, 2.75) is 13.0 Å². The lowest BCUT2D eigenvalue weighted by atomic mass is 10.2. The molecule has 15 heavy (non-hydrogen) atoms. The summed E-state index contributed by atoms with van der Waals surface area (Å²) in [6.07, 6.45) is 0. The van der Waals surface area contributed by atoms with Crippen LogP contribution in [0, 0.1) is 0 Å². The Morgan fingerprint density at radius 3 is 2.67 bits per heavy atom. The van der Waals surface area contributed by atoms with Gasteiger partial charge in [-0.25, -0.2) is 0 Å². The lowest BCUT2D eigenvalue weighted by Gasteiger charge is -2.28.